The SMILES string of the molecule is Cc1occc1CN(C)C(C)C(=O)NN. The van der Waals surface area contributed by atoms with E-state index in [1.54, 1.807) is 13.2 Å². The molecule has 0 spiro atoms. The van der Waals surface area contributed by atoms with Crippen molar-refractivity contribution in [3.05, 3.63) is 23.7 Å². The summed E-state index contributed by atoms with van der Waals surface area (Å²) in [4.78, 5) is 13.2. The van der Waals surface area contributed by atoms with Crippen LogP contribution in [-0.4, -0.2) is 23.9 Å². The van der Waals surface area contributed by atoms with E-state index in [-0.39, 0.29) is 11.9 Å². The van der Waals surface area contributed by atoms with E-state index in [2.05, 4.69) is 5.43 Å². The molecule has 0 fully saturated rings. The van der Waals surface area contributed by atoms with Gasteiger partial charge in [-0.3, -0.25) is 15.1 Å². The average Bonchev–Trinajstić information content (AvgIpc) is 2.62. The molecule has 84 valence electrons. The van der Waals surface area contributed by atoms with Crippen molar-refractivity contribution >= 4 is 5.91 Å². The summed E-state index contributed by atoms with van der Waals surface area (Å²) in [6.07, 6.45) is 1.65. The lowest BCUT2D eigenvalue weighted by atomic mass is 10.2. The average molecular weight is 211 g/mol. The van der Waals surface area contributed by atoms with Crippen LogP contribution in [0.3, 0.4) is 0 Å². The molecule has 0 aromatic carbocycles. The molecule has 0 bridgehead atoms. The molecule has 5 nitrogen and oxygen atoms in total. The number of hydrogen-bond acceptors (Lipinski definition) is 4. The van der Waals surface area contributed by atoms with Crippen LogP contribution < -0.4 is 11.3 Å². The lowest BCUT2D eigenvalue weighted by Crippen LogP contribution is -2.45. The summed E-state index contributed by atoms with van der Waals surface area (Å²) in [6.45, 7) is 4.37. The maximum absolute atomic E-state index is 11.3. The number of likely N-dealkylation sites (N-methyl/N-ethyl adjacent to an activating group) is 1. The molecule has 0 aliphatic carbocycles. The van der Waals surface area contributed by atoms with Gasteiger partial charge < -0.3 is 4.42 Å². The van der Waals surface area contributed by atoms with Crippen LogP contribution in [0.1, 0.15) is 18.2 Å². The van der Waals surface area contributed by atoms with Crippen LogP contribution in [-0.2, 0) is 11.3 Å². The van der Waals surface area contributed by atoms with Crippen LogP contribution in [0, 0.1) is 6.92 Å². The van der Waals surface area contributed by atoms with Gasteiger partial charge in [0.2, 0.25) is 0 Å². The van der Waals surface area contributed by atoms with E-state index in [0.29, 0.717) is 6.54 Å². The number of nitrogens with zero attached hydrogens (tertiary/aromatic N) is 1. The fraction of sp³-hybridized carbons (Fsp3) is 0.500. The molecule has 1 amide bonds. The van der Waals surface area contributed by atoms with E-state index in [1.165, 1.54) is 0 Å². The smallest absolute Gasteiger partial charge is 0.250 e. The Balaban J connectivity index is 2.59. The molecule has 0 radical (unpaired) electrons. The lowest BCUT2D eigenvalue weighted by molar-refractivity contribution is -0.125. The summed E-state index contributed by atoms with van der Waals surface area (Å²) in [5.74, 6) is 5.75. The second-order valence-electron chi connectivity index (χ2n) is 3.60. The zero-order valence-electron chi connectivity index (χ0n) is 9.28. The Morgan fingerprint density at radius 2 is 2.40 bits per heavy atom. The highest BCUT2D eigenvalue weighted by atomic mass is 16.3. The number of aryl methyl sites for hydroxylation is 1. The van der Waals surface area contributed by atoms with Crippen LogP contribution in [0.2, 0.25) is 0 Å². The first-order valence-electron chi connectivity index (χ1n) is 4.80. The molecule has 0 saturated carbocycles. The molecule has 0 saturated heterocycles. The number of hydrogen-bond donors (Lipinski definition) is 2. The molecule has 1 rings (SSSR count). The second kappa shape index (κ2) is 4.95. The minimum atomic E-state index is -0.260. The van der Waals surface area contributed by atoms with Crippen molar-refractivity contribution in [3.63, 3.8) is 0 Å². The summed E-state index contributed by atoms with van der Waals surface area (Å²) >= 11 is 0. The third-order valence-electron chi connectivity index (χ3n) is 2.57. The monoisotopic (exact) mass is 211 g/mol. The summed E-state index contributed by atoms with van der Waals surface area (Å²) in [7, 11) is 1.87. The quantitative estimate of drug-likeness (QED) is 0.429. The zero-order valence-corrected chi connectivity index (χ0v) is 9.28. The van der Waals surface area contributed by atoms with E-state index < -0.39 is 0 Å². The number of carbonyl (C=O) groups is 1. The fourth-order valence-corrected chi connectivity index (χ4v) is 1.30. The first kappa shape index (κ1) is 11.7. The Labute approximate surface area is 89.2 Å². The minimum absolute atomic E-state index is 0.196. The van der Waals surface area contributed by atoms with Gasteiger partial charge in [-0.2, -0.15) is 0 Å². The predicted molar refractivity (Wildman–Crippen MR) is 56.7 cm³/mol. The standard InChI is InChI=1S/C10H17N3O2/c1-7(10(14)12-11)13(3)6-9-4-5-15-8(9)2/h4-5,7H,6,11H2,1-3H3,(H,12,14). The Morgan fingerprint density at radius 3 is 2.87 bits per heavy atom. The van der Waals surface area contributed by atoms with Gasteiger partial charge in [0.05, 0.1) is 12.3 Å². The molecule has 5 heteroatoms. The van der Waals surface area contributed by atoms with Crippen molar-refractivity contribution in [3.8, 4) is 0 Å². The van der Waals surface area contributed by atoms with Crippen molar-refractivity contribution in [1.82, 2.24) is 10.3 Å². The van der Waals surface area contributed by atoms with Crippen molar-refractivity contribution < 1.29 is 9.21 Å². The molecular weight excluding hydrogens is 194 g/mol. The highest BCUT2D eigenvalue weighted by Crippen LogP contribution is 2.12. The van der Waals surface area contributed by atoms with Gasteiger partial charge in [0, 0.05) is 12.1 Å². The summed E-state index contributed by atoms with van der Waals surface area (Å²) in [5, 5.41) is 0. The summed E-state index contributed by atoms with van der Waals surface area (Å²) in [6, 6.07) is 1.64. The van der Waals surface area contributed by atoms with Gasteiger partial charge in [-0.05, 0) is 27.0 Å². The number of amides is 1. The number of carbonyl (C=O) groups excluding carboxylic acids is 1. The highest BCUT2D eigenvalue weighted by Gasteiger charge is 2.17. The Kier molecular flexibility index (Phi) is 3.88. The van der Waals surface area contributed by atoms with E-state index in [1.807, 2.05) is 24.9 Å². The van der Waals surface area contributed by atoms with Crippen molar-refractivity contribution in [2.45, 2.75) is 26.4 Å². The molecule has 1 heterocycles. The molecule has 1 unspecified atom stereocenters. The number of hydrazine groups is 1. The van der Waals surface area contributed by atoms with Crippen LogP contribution in [0.15, 0.2) is 16.7 Å². The van der Waals surface area contributed by atoms with Crippen molar-refractivity contribution in [1.29, 1.82) is 0 Å². The number of rotatable bonds is 4. The Bertz CT molecular complexity index is 335. The molecule has 0 aliphatic rings. The van der Waals surface area contributed by atoms with Gasteiger partial charge in [-0.15, -0.1) is 0 Å². The van der Waals surface area contributed by atoms with Gasteiger partial charge in [0.25, 0.3) is 5.91 Å². The van der Waals surface area contributed by atoms with Crippen LogP contribution >= 0.6 is 0 Å². The van der Waals surface area contributed by atoms with Gasteiger partial charge in [-0.25, -0.2) is 5.84 Å². The first-order valence-corrected chi connectivity index (χ1v) is 4.80. The van der Waals surface area contributed by atoms with Crippen LogP contribution in [0.4, 0.5) is 0 Å². The van der Waals surface area contributed by atoms with Gasteiger partial charge in [0.15, 0.2) is 0 Å². The first-order chi connectivity index (χ1) is 7.06. The van der Waals surface area contributed by atoms with E-state index >= 15 is 0 Å². The zero-order chi connectivity index (χ0) is 11.4. The van der Waals surface area contributed by atoms with E-state index in [9.17, 15) is 4.79 Å². The molecule has 0 aliphatic heterocycles. The lowest BCUT2D eigenvalue weighted by Gasteiger charge is -2.22. The minimum Gasteiger partial charge on any atom is -0.469 e. The van der Waals surface area contributed by atoms with Gasteiger partial charge >= 0.3 is 0 Å². The van der Waals surface area contributed by atoms with Crippen LogP contribution in [0.25, 0.3) is 0 Å². The van der Waals surface area contributed by atoms with E-state index in [4.69, 9.17) is 10.3 Å². The molecular formula is C10H17N3O2. The number of furan rings is 1. The largest absolute Gasteiger partial charge is 0.469 e. The number of nitrogens with two attached hydrogens (primary N) is 1. The van der Waals surface area contributed by atoms with Gasteiger partial charge in [0.1, 0.15) is 5.76 Å². The molecule has 15 heavy (non-hydrogen) atoms. The third kappa shape index (κ3) is 2.81. The fourth-order valence-electron chi connectivity index (χ4n) is 1.30. The van der Waals surface area contributed by atoms with Gasteiger partial charge in [-0.1, -0.05) is 0 Å². The van der Waals surface area contributed by atoms with Crippen LogP contribution in [0.5, 0.6) is 0 Å². The van der Waals surface area contributed by atoms with Crippen molar-refractivity contribution in [2.75, 3.05) is 7.05 Å². The van der Waals surface area contributed by atoms with E-state index in [0.717, 1.165) is 11.3 Å². The maximum Gasteiger partial charge on any atom is 0.250 e. The summed E-state index contributed by atoms with van der Waals surface area (Å²) in [5.41, 5.74) is 3.21. The Hall–Kier alpha value is -1.33. The summed E-state index contributed by atoms with van der Waals surface area (Å²) < 4.78 is 5.18. The normalized spacial score (nSPS) is 12.9. The number of nitrogens with one attached hydrogen (secondary N) is 1. The molecule has 1 aromatic heterocycles. The molecule has 1 aromatic rings. The van der Waals surface area contributed by atoms with Crippen molar-refractivity contribution in [2.24, 2.45) is 5.84 Å². The molecule has 3 N–H and O–H groups in total. The highest BCUT2D eigenvalue weighted by molar-refractivity contribution is 5.80. The Morgan fingerprint density at radius 1 is 1.73 bits per heavy atom. The maximum atomic E-state index is 11.3. The second-order valence-corrected chi connectivity index (χ2v) is 3.60. The third-order valence-corrected chi connectivity index (χ3v) is 2.57. The molecule has 1 atom stereocenters. The predicted octanol–water partition coefficient (Wildman–Crippen LogP) is 0.398. The topological polar surface area (TPSA) is 71.5 Å².